The third-order valence-electron chi connectivity index (χ3n) is 2.51. The van der Waals surface area contributed by atoms with Crippen molar-refractivity contribution in [2.45, 2.75) is 38.6 Å². The Bertz CT molecular complexity index is 393. The molecule has 8 nitrogen and oxygen atoms in total. The number of aromatic amines is 1. The number of hydrogen-bond acceptors (Lipinski definition) is 4. The van der Waals surface area contributed by atoms with Crippen LogP contribution in [0.25, 0.3) is 0 Å². The van der Waals surface area contributed by atoms with E-state index in [1.165, 1.54) is 6.33 Å². The Balaban J connectivity index is 2.05. The molecule has 0 radical (unpaired) electrons. The van der Waals surface area contributed by atoms with E-state index in [1.54, 1.807) is 6.92 Å². The normalized spacial score (nSPS) is 11.8. The molecule has 4 N–H and O–H groups in total. The van der Waals surface area contributed by atoms with Gasteiger partial charge in [-0.05, 0) is 19.8 Å². The van der Waals surface area contributed by atoms with Crippen LogP contribution in [0.15, 0.2) is 6.33 Å². The van der Waals surface area contributed by atoms with E-state index in [4.69, 9.17) is 5.11 Å². The van der Waals surface area contributed by atoms with Crippen molar-refractivity contribution in [3.8, 4) is 0 Å². The minimum atomic E-state index is -0.860. The predicted octanol–water partition coefficient (Wildman–Crippen LogP) is 0.290. The number of carboxylic acid groups (broad SMARTS) is 1. The molecule has 0 fully saturated rings. The molecule has 1 aromatic rings. The van der Waals surface area contributed by atoms with E-state index in [-0.39, 0.29) is 18.5 Å². The van der Waals surface area contributed by atoms with E-state index in [9.17, 15) is 9.59 Å². The SMILES string of the molecule is CC(CCC(=O)O)NC(=O)NCCCc1ncn[nH]1. The third kappa shape index (κ3) is 7.02. The van der Waals surface area contributed by atoms with Crippen LogP contribution in [0.3, 0.4) is 0 Å². The van der Waals surface area contributed by atoms with E-state index < -0.39 is 5.97 Å². The Hall–Kier alpha value is -2.12. The van der Waals surface area contributed by atoms with Gasteiger partial charge < -0.3 is 15.7 Å². The molecule has 8 heteroatoms. The van der Waals surface area contributed by atoms with Crippen LogP contribution >= 0.6 is 0 Å². The minimum absolute atomic E-state index is 0.0486. The summed E-state index contributed by atoms with van der Waals surface area (Å²) in [6, 6.07) is -0.444. The highest BCUT2D eigenvalue weighted by Crippen LogP contribution is 1.96. The summed E-state index contributed by atoms with van der Waals surface area (Å²) < 4.78 is 0. The highest BCUT2D eigenvalue weighted by Gasteiger charge is 2.08. The zero-order chi connectivity index (χ0) is 14.1. The summed E-state index contributed by atoms with van der Waals surface area (Å²) in [6.45, 7) is 2.30. The predicted molar refractivity (Wildman–Crippen MR) is 67.6 cm³/mol. The molecular weight excluding hydrogens is 250 g/mol. The molecule has 2 amide bonds. The second-order valence-corrected chi connectivity index (χ2v) is 4.27. The maximum absolute atomic E-state index is 11.5. The van der Waals surface area contributed by atoms with Gasteiger partial charge in [-0.25, -0.2) is 9.78 Å². The van der Waals surface area contributed by atoms with Crippen LogP contribution in [0.5, 0.6) is 0 Å². The fourth-order valence-electron chi connectivity index (χ4n) is 1.50. The number of aliphatic carboxylic acids is 1. The van der Waals surface area contributed by atoms with Gasteiger partial charge in [0.2, 0.25) is 0 Å². The second-order valence-electron chi connectivity index (χ2n) is 4.27. The molecule has 0 spiro atoms. The number of nitrogens with zero attached hydrogens (tertiary/aromatic N) is 2. The highest BCUT2D eigenvalue weighted by atomic mass is 16.4. The molecule has 0 aromatic carbocycles. The lowest BCUT2D eigenvalue weighted by atomic mass is 10.2. The summed E-state index contributed by atoms with van der Waals surface area (Å²) in [7, 11) is 0. The molecule has 0 aliphatic rings. The van der Waals surface area contributed by atoms with Gasteiger partial charge in [-0.3, -0.25) is 9.89 Å². The first-order valence-corrected chi connectivity index (χ1v) is 6.18. The molecule has 1 unspecified atom stereocenters. The second kappa shape index (κ2) is 8.06. The van der Waals surface area contributed by atoms with Gasteiger partial charge in [-0.15, -0.1) is 0 Å². The Kier molecular flexibility index (Phi) is 6.34. The third-order valence-corrected chi connectivity index (χ3v) is 2.51. The van der Waals surface area contributed by atoms with E-state index in [1.807, 2.05) is 0 Å². The maximum atomic E-state index is 11.5. The molecule has 1 atom stereocenters. The number of aromatic nitrogens is 3. The van der Waals surface area contributed by atoms with Crippen molar-refractivity contribution < 1.29 is 14.7 Å². The lowest BCUT2D eigenvalue weighted by molar-refractivity contribution is -0.137. The smallest absolute Gasteiger partial charge is 0.314 e. The zero-order valence-electron chi connectivity index (χ0n) is 10.8. The van der Waals surface area contributed by atoms with Gasteiger partial charge in [-0.1, -0.05) is 0 Å². The number of H-pyrrole nitrogens is 1. The van der Waals surface area contributed by atoms with Gasteiger partial charge in [0.05, 0.1) is 0 Å². The maximum Gasteiger partial charge on any atom is 0.314 e. The van der Waals surface area contributed by atoms with Crippen LogP contribution in [0.1, 0.15) is 32.0 Å². The number of nitrogens with one attached hydrogen (secondary N) is 3. The number of urea groups is 1. The van der Waals surface area contributed by atoms with Crippen LogP contribution < -0.4 is 10.6 Å². The first-order valence-electron chi connectivity index (χ1n) is 6.18. The molecule has 1 heterocycles. The molecule has 0 saturated carbocycles. The van der Waals surface area contributed by atoms with Gasteiger partial charge >= 0.3 is 12.0 Å². The number of aryl methyl sites for hydroxylation is 1. The Labute approximate surface area is 111 Å². The highest BCUT2D eigenvalue weighted by molar-refractivity contribution is 5.74. The van der Waals surface area contributed by atoms with Gasteiger partial charge in [0.1, 0.15) is 12.2 Å². The molecule has 0 aliphatic carbocycles. The van der Waals surface area contributed by atoms with E-state index in [0.29, 0.717) is 13.0 Å². The summed E-state index contributed by atoms with van der Waals surface area (Å²) in [5.74, 6) is -0.0712. The molecule has 0 aliphatic heterocycles. The number of amides is 2. The lowest BCUT2D eigenvalue weighted by Gasteiger charge is -2.13. The Morgan fingerprint density at radius 2 is 2.32 bits per heavy atom. The van der Waals surface area contributed by atoms with Crippen LogP contribution in [-0.4, -0.2) is 44.9 Å². The molecule has 1 rings (SSSR count). The first-order chi connectivity index (χ1) is 9.08. The number of hydrogen-bond donors (Lipinski definition) is 4. The summed E-state index contributed by atoms with van der Waals surface area (Å²) in [5, 5.41) is 20.4. The van der Waals surface area contributed by atoms with Crippen LogP contribution in [-0.2, 0) is 11.2 Å². The van der Waals surface area contributed by atoms with Gasteiger partial charge in [0, 0.05) is 25.4 Å². The average Bonchev–Trinajstić information content (AvgIpc) is 2.85. The summed E-state index contributed by atoms with van der Waals surface area (Å²) in [5.41, 5.74) is 0. The van der Waals surface area contributed by atoms with Gasteiger partial charge in [0.25, 0.3) is 0 Å². The van der Waals surface area contributed by atoms with Crippen molar-refractivity contribution in [1.82, 2.24) is 25.8 Å². The van der Waals surface area contributed by atoms with Crippen molar-refractivity contribution in [3.63, 3.8) is 0 Å². The fourth-order valence-corrected chi connectivity index (χ4v) is 1.50. The topological polar surface area (TPSA) is 120 Å². The molecule has 19 heavy (non-hydrogen) atoms. The van der Waals surface area contributed by atoms with Crippen molar-refractivity contribution in [2.24, 2.45) is 0 Å². The van der Waals surface area contributed by atoms with Crippen molar-refractivity contribution >= 4 is 12.0 Å². The van der Waals surface area contributed by atoms with Gasteiger partial charge in [0.15, 0.2) is 0 Å². The van der Waals surface area contributed by atoms with Crippen LogP contribution in [0, 0.1) is 0 Å². The molecular formula is C11H19N5O3. The van der Waals surface area contributed by atoms with Crippen molar-refractivity contribution in [3.05, 3.63) is 12.2 Å². The Morgan fingerprint density at radius 3 is 2.95 bits per heavy atom. The number of carbonyl (C=O) groups is 2. The monoisotopic (exact) mass is 269 g/mol. The zero-order valence-corrected chi connectivity index (χ0v) is 10.8. The van der Waals surface area contributed by atoms with Crippen molar-refractivity contribution in [1.29, 1.82) is 0 Å². The van der Waals surface area contributed by atoms with E-state index in [2.05, 4.69) is 25.8 Å². The largest absolute Gasteiger partial charge is 0.481 e. The number of carboxylic acids is 1. The van der Waals surface area contributed by atoms with Gasteiger partial charge in [-0.2, -0.15) is 5.10 Å². The summed E-state index contributed by atoms with van der Waals surface area (Å²) in [6.07, 6.45) is 3.38. The number of carbonyl (C=O) groups excluding carboxylic acids is 1. The fraction of sp³-hybridized carbons (Fsp3) is 0.636. The van der Waals surface area contributed by atoms with Crippen LogP contribution in [0.4, 0.5) is 4.79 Å². The summed E-state index contributed by atoms with van der Waals surface area (Å²) >= 11 is 0. The average molecular weight is 269 g/mol. The standard InChI is InChI=1S/C11H19N5O3/c1-8(4-5-10(17)18)15-11(19)12-6-2-3-9-13-7-14-16-9/h7-8H,2-6H2,1H3,(H,17,18)(H2,12,15,19)(H,13,14,16). The number of rotatable bonds is 8. The molecule has 0 bridgehead atoms. The van der Waals surface area contributed by atoms with Crippen LogP contribution in [0.2, 0.25) is 0 Å². The van der Waals surface area contributed by atoms with E-state index in [0.717, 1.165) is 18.7 Å². The quantitative estimate of drug-likeness (QED) is 0.505. The lowest BCUT2D eigenvalue weighted by Crippen LogP contribution is -2.41. The van der Waals surface area contributed by atoms with E-state index >= 15 is 0 Å². The minimum Gasteiger partial charge on any atom is -0.481 e. The Morgan fingerprint density at radius 1 is 1.53 bits per heavy atom. The van der Waals surface area contributed by atoms with Crippen molar-refractivity contribution in [2.75, 3.05) is 6.54 Å². The summed E-state index contributed by atoms with van der Waals surface area (Å²) in [4.78, 5) is 25.8. The molecule has 106 valence electrons. The first kappa shape index (κ1) is 14.9. The molecule has 0 saturated heterocycles. The molecule has 1 aromatic heterocycles.